The molecule has 5 nitrogen and oxygen atoms in total. The lowest BCUT2D eigenvalue weighted by atomic mass is 10.1. The summed E-state index contributed by atoms with van der Waals surface area (Å²) in [5.41, 5.74) is 4.24. The number of carbonyl (C=O) groups excluding carboxylic acids is 2. The minimum absolute atomic E-state index is 0.0386. The molecule has 1 unspecified atom stereocenters. The van der Waals surface area contributed by atoms with Gasteiger partial charge in [0.05, 0.1) is 4.91 Å². The minimum atomic E-state index is -0.536. The summed E-state index contributed by atoms with van der Waals surface area (Å²) < 4.78 is 0. The number of allylic oxidation sites excluding steroid dienone is 4. The first-order valence-electron chi connectivity index (χ1n) is 8.24. The number of nitrogens with one attached hydrogen (secondary N) is 2. The molecule has 2 amide bonds. The average Bonchev–Trinajstić information content (AvgIpc) is 3.01. The Morgan fingerprint density at radius 2 is 2.04 bits per heavy atom. The molecule has 3 N–H and O–H groups in total. The summed E-state index contributed by atoms with van der Waals surface area (Å²) in [6.07, 6.45) is 7.87. The zero-order valence-electron chi connectivity index (χ0n) is 14.6. The van der Waals surface area contributed by atoms with Crippen molar-refractivity contribution >= 4 is 23.6 Å². The Hall–Kier alpha value is -2.57. The zero-order chi connectivity index (χ0) is 18.9. The molecule has 2 rings (SSSR count). The first kappa shape index (κ1) is 19.8. The molecule has 136 valence electrons. The van der Waals surface area contributed by atoms with Crippen molar-refractivity contribution in [3.63, 3.8) is 0 Å². The van der Waals surface area contributed by atoms with Crippen LogP contribution >= 0.6 is 11.8 Å². The fraction of sp³-hybridized carbons (Fsp3) is 0.200. The molecule has 0 aliphatic carbocycles. The Morgan fingerprint density at radius 3 is 2.69 bits per heavy atom. The standard InChI is InChI=1S/C20H22N2O3S/c1-3-7-17(12-16-13-18(20(24)22-25)26-14(16)2)21-19(23)11-10-15-8-5-4-6-9-15/h3-9,12-14,25H,1,10-11H2,2H3,(H,21,23)(H,22,24)/b16-12-,17-7+. The van der Waals surface area contributed by atoms with E-state index in [1.807, 2.05) is 43.3 Å². The Bertz CT molecular complexity index is 767. The van der Waals surface area contributed by atoms with E-state index >= 15 is 0 Å². The lowest BCUT2D eigenvalue weighted by Gasteiger charge is -2.09. The maximum Gasteiger partial charge on any atom is 0.281 e. The SMILES string of the molecule is C=C/C=C(\C=C1\C=C(C(=O)NO)SC1C)NC(=O)CCc1ccccc1. The lowest BCUT2D eigenvalue weighted by Crippen LogP contribution is -2.22. The van der Waals surface area contributed by atoms with Crippen LogP contribution in [0.5, 0.6) is 0 Å². The van der Waals surface area contributed by atoms with Crippen LogP contribution in [0, 0.1) is 0 Å². The highest BCUT2D eigenvalue weighted by Crippen LogP contribution is 2.36. The summed E-state index contributed by atoms with van der Waals surface area (Å²) in [7, 11) is 0. The molecule has 0 saturated heterocycles. The maximum absolute atomic E-state index is 12.2. The van der Waals surface area contributed by atoms with Crippen LogP contribution in [0.3, 0.4) is 0 Å². The zero-order valence-corrected chi connectivity index (χ0v) is 15.4. The monoisotopic (exact) mass is 370 g/mol. The van der Waals surface area contributed by atoms with Crippen molar-refractivity contribution in [3.8, 4) is 0 Å². The summed E-state index contributed by atoms with van der Waals surface area (Å²) >= 11 is 1.35. The number of hydrogen-bond donors (Lipinski definition) is 3. The van der Waals surface area contributed by atoms with Gasteiger partial charge in [-0.05, 0) is 42.7 Å². The number of carbonyl (C=O) groups is 2. The molecule has 0 saturated carbocycles. The third-order valence-corrected chi connectivity index (χ3v) is 4.97. The van der Waals surface area contributed by atoms with Gasteiger partial charge in [-0.1, -0.05) is 43.0 Å². The molecule has 1 aromatic rings. The van der Waals surface area contributed by atoms with Gasteiger partial charge in [-0.3, -0.25) is 14.8 Å². The van der Waals surface area contributed by atoms with Gasteiger partial charge in [0.25, 0.3) is 5.91 Å². The van der Waals surface area contributed by atoms with Gasteiger partial charge < -0.3 is 5.32 Å². The largest absolute Gasteiger partial charge is 0.326 e. The molecule has 1 atom stereocenters. The smallest absolute Gasteiger partial charge is 0.281 e. The second-order valence-electron chi connectivity index (χ2n) is 5.75. The second-order valence-corrected chi connectivity index (χ2v) is 7.13. The molecular formula is C20H22N2O3S. The topological polar surface area (TPSA) is 78.4 Å². The van der Waals surface area contributed by atoms with Crippen LogP contribution in [0.25, 0.3) is 0 Å². The highest BCUT2D eigenvalue weighted by atomic mass is 32.2. The predicted octanol–water partition coefficient (Wildman–Crippen LogP) is 3.26. The normalized spacial score (nSPS) is 18.4. The van der Waals surface area contributed by atoms with E-state index in [-0.39, 0.29) is 11.2 Å². The molecule has 0 aromatic heterocycles. The molecule has 0 fully saturated rings. The molecular weight excluding hydrogens is 348 g/mol. The molecule has 26 heavy (non-hydrogen) atoms. The van der Waals surface area contributed by atoms with Gasteiger partial charge in [-0.25, -0.2) is 5.48 Å². The number of hydrogen-bond acceptors (Lipinski definition) is 4. The maximum atomic E-state index is 12.2. The summed E-state index contributed by atoms with van der Waals surface area (Å²) in [6.45, 7) is 5.63. The van der Waals surface area contributed by atoms with E-state index in [1.54, 1.807) is 23.7 Å². The van der Waals surface area contributed by atoms with E-state index in [2.05, 4.69) is 11.9 Å². The Labute approximate surface area is 157 Å². The molecule has 0 bridgehead atoms. The van der Waals surface area contributed by atoms with Crippen LogP contribution in [-0.2, 0) is 16.0 Å². The van der Waals surface area contributed by atoms with Crippen molar-refractivity contribution in [1.82, 2.24) is 10.8 Å². The summed E-state index contributed by atoms with van der Waals surface area (Å²) in [4.78, 5) is 24.2. The number of rotatable bonds is 7. The first-order valence-corrected chi connectivity index (χ1v) is 9.12. The van der Waals surface area contributed by atoms with E-state index in [0.29, 0.717) is 23.4 Å². The number of aryl methyl sites for hydroxylation is 1. The number of amides is 2. The van der Waals surface area contributed by atoms with E-state index < -0.39 is 5.91 Å². The summed E-state index contributed by atoms with van der Waals surface area (Å²) in [5, 5.41) is 11.7. The Balaban J connectivity index is 2.03. The van der Waals surface area contributed by atoms with Crippen molar-refractivity contribution in [1.29, 1.82) is 0 Å². The molecule has 6 heteroatoms. The molecule has 1 aromatic carbocycles. The average molecular weight is 370 g/mol. The fourth-order valence-electron chi connectivity index (χ4n) is 2.45. The Morgan fingerprint density at radius 1 is 1.31 bits per heavy atom. The van der Waals surface area contributed by atoms with Crippen LogP contribution in [0.1, 0.15) is 18.9 Å². The third kappa shape index (κ3) is 5.75. The van der Waals surface area contributed by atoms with Crippen molar-refractivity contribution in [3.05, 3.63) is 83.0 Å². The van der Waals surface area contributed by atoms with Crippen LogP contribution in [-0.4, -0.2) is 22.3 Å². The lowest BCUT2D eigenvalue weighted by molar-refractivity contribution is -0.124. The highest BCUT2D eigenvalue weighted by Gasteiger charge is 2.23. The fourth-order valence-corrected chi connectivity index (χ4v) is 3.46. The van der Waals surface area contributed by atoms with Crippen molar-refractivity contribution in [2.45, 2.75) is 25.0 Å². The predicted molar refractivity (Wildman–Crippen MR) is 104 cm³/mol. The van der Waals surface area contributed by atoms with Crippen molar-refractivity contribution in [2.24, 2.45) is 0 Å². The molecule has 1 aliphatic rings. The molecule has 1 heterocycles. The van der Waals surface area contributed by atoms with Gasteiger partial charge >= 0.3 is 0 Å². The van der Waals surface area contributed by atoms with Gasteiger partial charge in [0.2, 0.25) is 5.91 Å². The van der Waals surface area contributed by atoms with Crippen LogP contribution in [0.2, 0.25) is 0 Å². The van der Waals surface area contributed by atoms with Gasteiger partial charge in [0.15, 0.2) is 0 Å². The van der Waals surface area contributed by atoms with Crippen LogP contribution < -0.4 is 10.8 Å². The molecule has 0 spiro atoms. The number of thioether (sulfide) groups is 1. The van der Waals surface area contributed by atoms with Gasteiger partial charge in [-0.15, -0.1) is 11.8 Å². The van der Waals surface area contributed by atoms with Gasteiger partial charge in [0.1, 0.15) is 0 Å². The van der Waals surface area contributed by atoms with Crippen LogP contribution in [0.15, 0.2) is 77.4 Å². The van der Waals surface area contributed by atoms with E-state index in [1.165, 1.54) is 11.8 Å². The third-order valence-electron chi connectivity index (χ3n) is 3.78. The van der Waals surface area contributed by atoms with E-state index in [0.717, 1.165) is 11.1 Å². The summed E-state index contributed by atoms with van der Waals surface area (Å²) in [5.74, 6) is -0.624. The van der Waals surface area contributed by atoms with Gasteiger partial charge in [-0.2, -0.15) is 0 Å². The highest BCUT2D eigenvalue weighted by molar-refractivity contribution is 8.05. The van der Waals surface area contributed by atoms with Gasteiger partial charge in [0, 0.05) is 17.4 Å². The van der Waals surface area contributed by atoms with E-state index in [4.69, 9.17) is 5.21 Å². The van der Waals surface area contributed by atoms with Crippen molar-refractivity contribution < 1.29 is 14.8 Å². The molecule has 0 radical (unpaired) electrons. The number of benzene rings is 1. The van der Waals surface area contributed by atoms with E-state index in [9.17, 15) is 9.59 Å². The quantitative estimate of drug-likeness (QED) is 0.391. The minimum Gasteiger partial charge on any atom is -0.326 e. The first-order chi connectivity index (χ1) is 12.5. The summed E-state index contributed by atoms with van der Waals surface area (Å²) in [6, 6.07) is 9.83. The van der Waals surface area contributed by atoms with Crippen molar-refractivity contribution in [2.75, 3.05) is 0 Å². The number of hydroxylamine groups is 1. The Kier molecular flexibility index (Phi) is 7.44. The van der Waals surface area contributed by atoms with Crippen LogP contribution in [0.4, 0.5) is 0 Å². The molecule has 1 aliphatic heterocycles. The second kappa shape index (κ2) is 9.79.